The number of anilines is 1. The standard InChI is InChI=1S/C18H17N3O6/c1-27-18(24)13-10-20(8-9-22)17(23)16(13)19-14-6-7-15(21(25)26)12-5-3-2-4-11(12)14/h2-7,19,22H,8-10H2,1H3. The van der Waals surface area contributed by atoms with Crippen LogP contribution < -0.4 is 5.32 Å². The molecule has 0 aliphatic carbocycles. The summed E-state index contributed by atoms with van der Waals surface area (Å²) in [6, 6.07) is 9.54. The van der Waals surface area contributed by atoms with Crippen molar-refractivity contribution in [3.05, 3.63) is 57.8 Å². The Morgan fingerprint density at radius 2 is 2.00 bits per heavy atom. The Morgan fingerprint density at radius 1 is 1.30 bits per heavy atom. The van der Waals surface area contributed by atoms with E-state index in [4.69, 9.17) is 9.84 Å². The monoisotopic (exact) mass is 371 g/mol. The van der Waals surface area contributed by atoms with Gasteiger partial charge < -0.3 is 20.1 Å². The number of aliphatic hydroxyl groups is 1. The number of β-amino-alcohol motifs (C(OH)–C–C–N with tert-alkyl or cyclic N) is 1. The fourth-order valence-corrected chi connectivity index (χ4v) is 3.03. The fraction of sp³-hybridized carbons (Fsp3) is 0.222. The van der Waals surface area contributed by atoms with Crippen LogP contribution in [0.4, 0.5) is 11.4 Å². The lowest BCUT2D eigenvalue weighted by molar-refractivity contribution is -0.383. The minimum atomic E-state index is -0.655. The van der Waals surface area contributed by atoms with Gasteiger partial charge in [0, 0.05) is 23.7 Å². The lowest BCUT2D eigenvalue weighted by Crippen LogP contribution is -2.31. The number of carbonyl (C=O) groups excluding carboxylic acids is 2. The van der Waals surface area contributed by atoms with Crippen molar-refractivity contribution >= 4 is 34.0 Å². The lowest BCUT2D eigenvalue weighted by Gasteiger charge is -2.15. The van der Waals surface area contributed by atoms with Crippen LogP contribution in [0.5, 0.6) is 0 Å². The van der Waals surface area contributed by atoms with Crippen molar-refractivity contribution in [3.8, 4) is 0 Å². The number of hydrogen-bond acceptors (Lipinski definition) is 7. The van der Waals surface area contributed by atoms with Crippen molar-refractivity contribution < 1.29 is 24.4 Å². The smallest absolute Gasteiger partial charge is 0.337 e. The quantitative estimate of drug-likeness (QED) is 0.447. The average molecular weight is 371 g/mol. The van der Waals surface area contributed by atoms with Gasteiger partial charge in [0.05, 0.1) is 36.1 Å². The maximum atomic E-state index is 12.6. The summed E-state index contributed by atoms with van der Waals surface area (Å²) in [5, 5.41) is 24.2. The molecule has 1 aliphatic rings. The third kappa shape index (κ3) is 3.32. The first-order chi connectivity index (χ1) is 13.0. The summed E-state index contributed by atoms with van der Waals surface area (Å²) < 4.78 is 4.75. The molecule has 0 saturated heterocycles. The average Bonchev–Trinajstić information content (AvgIpc) is 2.97. The van der Waals surface area contributed by atoms with Gasteiger partial charge in [-0.25, -0.2) is 4.79 Å². The van der Waals surface area contributed by atoms with E-state index in [0.29, 0.717) is 16.5 Å². The maximum absolute atomic E-state index is 12.6. The van der Waals surface area contributed by atoms with Crippen LogP contribution in [0.1, 0.15) is 0 Å². The highest BCUT2D eigenvalue weighted by Gasteiger charge is 2.34. The van der Waals surface area contributed by atoms with Gasteiger partial charge in [0.2, 0.25) is 0 Å². The van der Waals surface area contributed by atoms with E-state index in [1.807, 2.05) is 0 Å². The molecule has 0 atom stereocenters. The molecule has 27 heavy (non-hydrogen) atoms. The number of carbonyl (C=O) groups is 2. The van der Waals surface area contributed by atoms with Crippen LogP contribution in [0.15, 0.2) is 47.7 Å². The zero-order chi connectivity index (χ0) is 19.6. The second-order valence-corrected chi connectivity index (χ2v) is 5.86. The number of hydrogen-bond donors (Lipinski definition) is 2. The van der Waals surface area contributed by atoms with Gasteiger partial charge in [-0.15, -0.1) is 0 Å². The van der Waals surface area contributed by atoms with Crippen molar-refractivity contribution in [2.24, 2.45) is 0 Å². The van der Waals surface area contributed by atoms with Crippen LogP contribution >= 0.6 is 0 Å². The molecule has 9 nitrogen and oxygen atoms in total. The molecular weight excluding hydrogens is 354 g/mol. The SMILES string of the molecule is COC(=O)C1=C(Nc2ccc([N+](=O)[O-])c3ccccc23)C(=O)N(CCO)C1. The van der Waals surface area contributed by atoms with Gasteiger partial charge in [-0.1, -0.05) is 18.2 Å². The molecule has 0 saturated carbocycles. The van der Waals surface area contributed by atoms with Crippen molar-refractivity contribution in [1.82, 2.24) is 4.90 Å². The van der Waals surface area contributed by atoms with Crippen LogP contribution in [-0.4, -0.2) is 53.6 Å². The first-order valence-electron chi connectivity index (χ1n) is 8.12. The second-order valence-electron chi connectivity index (χ2n) is 5.86. The number of non-ortho nitro benzene ring substituents is 1. The molecule has 2 aromatic rings. The predicted molar refractivity (Wildman–Crippen MR) is 96.9 cm³/mol. The molecule has 0 radical (unpaired) electrons. The van der Waals surface area contributed by atoms with E-state index in [1.165, 1.54) is 24.1 Å². The van der Waals surface area contributed by atoms with Crippen molar-refractivity contribution in [2.75, 3.05) is 32.1 Å². The van der Waals surface area contributed by atoms with Gasteiger partial charge in [0.25, 0.3) is 11.6 Å². The van der Waals surface area contributed by atoms with Crippen molar-refractivity contribution in [2.45, 2.75) is 0 Å². The van der Waals surface area contributed by atoms with E-state index >= 15 is 0 Å². The minimum Gasteiger partial charge on any atom is -0.466 e. The van der Waals surface area contributed by atoms with E-state index in [2.05, 4.69) is 5.32 Å². The Labute approximate surface area is 154 Å². The molecule has 0 unspecified atom stereocenters. The van der Waals surface area contributed by atoms with E-state index < -0.39 is 16.8 Å². The van der Waals surface area contributed by atoms with Gasteiger partial charge in [0.1, 0.15) is 5.70 Å². The molecule has 2 aromatic carbocycles. The highest BCUT2D eigenvalue weighted by atomic mass is 16.6. The van der Waals surface area contributed by atoms with E-state index in [1.54, 1.807) is 24.3 Å². The van der Waals surface area contributed by atoms with Crippen molar-refractivity contribution in [1.29, 1.82) is 0 Å². The molecule has 1 aliphatic heterocycles. The number of ether oxygens (including phenoxy) is 1. The van der Waals surface area contributed by atoms with Crippen LogP contribution in [0, 0.1) is 10.1 Å². The lowest BCUT2D eigenvalue weighted by atomic mass is 10.1. The molecule has 0 spiro atoms. The highest BCUT2D eigenvalue weighted by Crippen LogP contribution is 2.33. The number of methoxy groups -OCH3 is 1. The Morgan fingerprint density at radius 3 is 2.63 bits per heavy atom. The number of nitro benzene ring substituents is 1. The molecule has 0 fully saturated rings. The molecule has 1 amide bonds. The topological polar surface area (TPSA) is 122 Å². The Bertz CT molecular complexity index is 969. The third-order valence-corrected chi connectivity index (χ3v) is 4.31. The molecule has 2 N–H and O–H groups in total. The third-order valence-electron chi connectivity index (χ3n) is 4.31. The van der Waals surface area contributed by atoms with Gasteiger partial charge in [-0.05, 0) is 12.1 Å². The Hall–Kier alpha value is -3.46. The number of amides is 1. The Kier molecular flexibility index (Phi) is 5.04. The van der Waals surface area contributed by atoms with Crippen LogP contribution in [-0.2, 0) is 14.3 Å². The zero-order valence-electron chi connectivity index (χ0n) is 14.5. The van der Waals surface area contributed by atoms with Gasteiger partial charge in [-0.2, -0.15) is 0 Å². The number of nitro groups is 1. The molecule has 0 bridgehead atoms. The van der Waals surface area contributed by atoms with Crippen LogP contribution in [0.2, 0.25) is 0 Å². The second kappa shape index (κ2) is 7.42. The summed E-state index contributed by atoms with van der Waals surface area (Å²) in [5.41, 5.74) is 0.567. The largest absolute Gasteiger partial charge is 0.466 e. The number of fused-ring (bicyclic) bond motifs is 1. The first-order valence-corrected chi connectivity index (χ1v) is 8.12. The summed E-state index contributed by atoms with van der Waals surface area (Å²) >= 11 is 0. The number of rotatable bonds is 6. The van der Waals surface area contributed by atoms with E-state index in [0.717, 1.165) is 0 Å². The summed E-state index contributed by atoms with van der Waals surface area (Å²) in [7, 11) is 1.22. The number of esters is 1. The first kappa shape index (κ1) is 18.3. The number of nitrogens with one attached hydrogen (secondary N) is 1. The molecular formula is C18H17N3O6. The molecule has 1 heterocycles. The highest BCUT2D eigenvalue weighted by molar-refractivity contribution is 6.10. The molecule has 0 aromatic heterocycles. The normalized spacial score (nSPS) is 14.0. The van der Waals surface area contributed by atoms with Crippen molar-refractivity contribution in [3.63, 3.8) is 0 Å². The van der Waals surface area contributed by atoms with E-state index in [9.17, 15) is 19.7 Å². The molecule has 3 rings (SSSR count). The van der Waals surface area contributed by atoms with Gasteiger partial charge >= 0.3 is 5.97 Å². The molecule has 140 valence electrons. The zero-order valence-corrected chi connectivity index (χ0v) is 14.5. The minimum absolute atomic E-state index is 0.0132. The predicted octanol–water partition coefficient (Wildman–Crippen LogP) is 1.42. The van der Waals surface area contributed by atoms with Gasteiger partial charge in [0.15, 0.2) is 0 Å². The summed E-state index contributed by atoms with van der Waals surface area (Å²) in [5.74, 6) is -1.11. The maximum Gasteiger partial charge on any atom is 0.337 e. The number of nitrogens with zero attached hydrogens (tertiary/aromatic N) is 2. The summed E-state index contributed by atoms with van der Waals surface area (Å²) in [4.78, 5) is 36.8. The summed E-state index contributed by atoms with van der Waals surface area (Å²) in [6.45, 7) is -0.154. The Balaban J connectivity index is 2.07. The number of benzene rings is 2. The molecule has 9 heteroatoms. The van der Waals surface area contributed by atoms with Gasteiger partial charge in [-0.3, -0.25) is 14.9 Å². The van der Waals surface area contributed by atoms with E-state index in [-0.39, 0.29) is 36.7 Å². The van der Waals surface area contributed by atoms with Crippen LogP contribution in [0.3, 0.4) is 0 Å². The van der Waals surface area contributed by atoms with Crippen LogP contribution in [0.25, 0.3) is 10.8 Å². The fourth-order valence-electron chi connectivity index (χ4n) is 3.03. The summed E-state index contributed by atoms with van der Waals surface area (Å²) in [6.07, 6.45) is 0. The number of aliphatic hydroxyl groups excluding tert-OH is 1.